The summed E-state index contributed by atoms with van der Waals surface area (Å²) in [4.78, 5) is 23.7. The predicted octanol–water partition coefficient (Wildman–Crippen LogP) is 2.64. The number of rotatable bonds is 5. The number of amides is 1. The first-order valence-corrected chi connectivity index (χ1v) is 6.77. The molecule has 0 fully saturated rings. The minimum Gasteiger partial charge on any atom is -0.480 e. The maximum Gasteiger partial charge on any atom is 0.329 e. The standard InChI is InChI=1S/C17H16FNO3/c1-17(16(21)22,11-12-7-3-2-4-8-12)19-15(20)13-9-5-6-10-14(13)18/h2-10H,11H2,1H3,(H,19,20)(H,21,22)/t17-/m0/s1. The van der Waals surface area contributed by atoms with Crippen molar-refractivity contribution in [3.63, 3.8) is 0 Å². The highest BCUT2D eigenvalue weighted by Gasteiger charge is 2.35. The number of halogens is 1. The zero-order valence-corrected chi connectivity index (χ0v) is 12.0. The lowest BCUT2D eigenvalue weighted by Gasteiger charge is -2.26. The normalized spacial score (nSPS) is 13.2. The summed E-state index contributed by atoms with van der Waals surface area (Å²) in [6.45, 7) is 1.40. The first-order chi connectivity index (χ1) is 10.4. The van der Waals surface area contributed by atoms with E-state index in [1.54, 1.807) is 24.3 Å². The van der Waals surface area contributed by atoms with Crippen LogP contribution < -0.4 is 5.32 Å². The molecule has 0 saturated carbocycles. The van der Waals surface area contributed by atoms with Gasteiger partial charge in [-0.2, -0.15) is 0 Å². The van der Waals surface area contributed by atoms with Crippen molar-refractivity contribution in [1.82, 2.24) is 5.32 Å². The van der Waals surface area contributed by atoms with E-state index in [1.165, 1.54) is 25.1 Å². The number of hydrogen-bond acceptors (Lipinski definition) is 2. The van der Waals surface area contributed by atoms with Crippen molar-refractivity contribution in [1.29, 1.82) is 0 Å². The molecule has 0 saturated heterocycles. The van der Waals surface area contributed by atoms with Crippen LogP contribution >= 0.6 is 0 Å². The summed E-state index contributed by atoms with van der Waals surface area (Å²) < 4.78 is 13.6. The Kier molecular flexibility index (Phi) is 4.56. The molecule has 1 amide bonds. The number of carboxylic acid groups (broad SMARTS) is 1. The molecule has 0 aromatic heterocycles. The van der Waals surface area contributed by atoms with E-state index in [0.717, 1.165) is 11.6 Å². The van der Waals surface area contributed by atoms with Crippen LogP contribution in [0.1, 0.15) is 22.8 Å². The van der Waals surface area contributed by atoms with Crippen LogP contribution in [-0.2, 0) is 11.2 Å². The van der Waals surface area contributed by atoms with Gasteiger partial charge >= 0.3 is 5.97 Å². The van der Waals surface area contributed by atoms with E-state index < -0.39 is 23.2 Å². The van der Waals surface area contributed by atoms with Crippen molar-refractivity contribution in [2.24, 2.45) is 0 Å². The van der Waals surface area contributed by atoms with Crippen molar-refractivity contribution in [2.75, 3.05) is 0 Å². The molecule has 0 unspecified atom stereocenters. The molecule has 114 valence electrons. The van der Waals surface area contributed by atoms with Gasteiger partial charge in [0.25, 0.3) is 5.91 Å². The zero-order valence-electron chi connectivity index (χ0n) is 12.0. The van der Waals surface area contributed by atoms with Gasteiger partial charge in [0.05, 0.1) is 5.56 Å². The smallest absolute Gasteiger partial charge is 0.329 e. The summed E-state index contributed by atoms with van der Waals surface area (Å²) >= 11 is 0. The third kappa shape index (κ3) is 3.49. The van der Waals surface area contributed by atoms with Crippen LogP contribution in [-0.4, -0.2) is 22.5 Å². The van der Waals surface area contributed by atoms with Gasteiger partial charge in [0.15, 0.2) is 0 Å². The lowest BCUT2D eigenvalue weighted by atomic mass is 9.92. The molecule has 2 aromatic rings. The van der Waals surface area contributed by atoms with Crippen molar-refractivity contribution in [2.45, 2.75) is 18.9 Å². The molecule has 5 heteroatoms. The summed E-state index contributed by atoms with van der Waals surface area (Å²) in [7, 11) is 0. The minimum atomic E-state index is -1.53. The monoisotopic (exact) mass is 301 g/mol. The fraction of sp³-hybridized carbons (Fsp3) is 0.176. The number of carbonyl (C=O) groups is 2. The molecule has 2 aromatic carbocycles. The van der Waals surface area contributed by atoms with Gasteiger partial charge in [-0.15, -0.1) is 0 Å². The topological polar surface area (TPSA) is 66.4 Å². The third-order valence-corrected chi connectivity index (χ3v) is 3.38. The Balaban J connectivity index is 2.23. The van der Waals surface area contributed by atoms with E-state index in [1.807, 2.05) is 6.07 Å². The number of carbonyl (C=O) groups excluding carboxylic acids is 1. The Morgan fingerprint density at radius 1 is 1.09 bits per heavy atom. The summed E-state index contributed by atoms with van der Waals surface area (Å²) in [6.07, 6.45) is 0.101. The molecule has 22 heavy (non-hydrogen) atoms. The van der Waals surface area contributed by atoms with Crippen molar-refractivity contribution < 1.29 is 19.1 Å². The van der Waals surface area contributed by atoms with Crippen LogP contribution in [0.2, 0.25) is 0 Å². The van der Waals surface area contributed by atoms with Crippen LogP contribution in [0.15, 0.2) is 54.6 Å². The molecule has 0 aliphatic rings. The van der Waals surface area contributed by atoms with Crippen LogP contribution in [0.3, 0.4) is 0 Å². The summed E-state index contributed by atoms with van der Waals surface area (Å²) in [6, 6.07) is 14.4. The van der Waals surface area contributed by atoms with Gasteiger partial charge in [0.2, 0.25) is 0 Å². The number of hydrogen-bond donors (Lipinski definition) is 2. The molecule has 4 nitrogen and oxygen atoms in total. The van der Waals surface area contributed by atoms with Gasteiger partial charge in [0, 0.05) is 6.42 Å². The summed E-state index contributed by atoms with van der Waals surface area (Å²) in [5, 5.41) is 11.9. The molecule has 0 spiro atoms. The van der Waals surface area contributed by atoms with Crippen molar-refractivity contribution in [3.05, 3.63) is 71.5 Å². The molecule has 0 bridgehead atoms. The van der Waals surface area contributed by atoms with E-state index in [9.17, 15) is 19.1 Å². The molecule has 0 heterocycles. The second-order valence-corrected chi connectivity index (χ2v) is 5.23. The van der Waals surface area contributed by atoms with Crippen molar-refractivity contribution in [3.8, 4) is 0 Å². The minimum absolute atomic E-state index is 0.101. The Morgan fingerprint density at radius 2 is 1.68 bits per heavy atom. The van der Waals surface area contributed by atoms with Gasteiger partial charge in [-0.1, -0.05) is 42.5 Å². The maximum atomic E-state index is 13.6. The van der Waals surface area contributed by atoms with Gasteiger partial charge < -0.3 is 10.4 Å². The quantitative estimate of drug-likeness (QED) is 0.892. The number of carboxylic acids is 1. The second kappa shape index (κ2) is 6.39. The van der Waals surface area contributed by atoms with E-state index in [2.05, 4.69) is 5.32 Å². The summed E-state index contributed by atoms with van der Waals surface area (Å²) in [5.41, 5.74) is -0.940. The van der Waals surface area contributed by atoms with Crippen LogP contribution in [0.5, 0.6) is 0 Å². The molecular formula is C17H16FNO3. The van der Waals surface area contributed by atoms with Crippen LogP contribution in [0.4, 0.5) is 4.39 Å². The molecule has 0 radical (unpaired) electrons. The first kappa shape index (κ1) is 15.7. The Hall–Kier alpha value is -2.69. The van der Waals surface area contributed by atoms with Gasteiger partial charge in [0.1, 0.15) is 11.4 Å². The molecule has 1 atom stereocenters. The molecule has 0 aliphatic carbocycles. The van der Waals surface area contributed by atoms with Gasteiger partial charge in [-0.25, -0.2) is 9.18 Å². The van der Waals surface area contributed by atoms with E-state index in [-0.39, 0.29) is 12.0 Å². The molecule has 2 N–H and O–H groups in total. The molecule has 2 rings (SSSR count). The highest BCUT2D eigenvalue weighted by atomic mass is 19.1. The highest BCUT2D eigenvalue weighted by Crippen LogP contribution is 2.16. The van der Waals surface area contributed by atoms with Crippen LogP contribution in [0, 0.1) is 5.82 Å². The molecular weight excluding hydrogens is 285 g/mol. The van der Waals surface area contributed by atoms with Gasteiger partial charge in [-0.3, -0.25) is 4.79 Å². The Labute approximate surface area is 127 Å². The van der Waals surface area contributed by atoms with E-state index in [4.69, 9.17) is 0 Å². The van der Waals surface area contributed by atoms with Crippen molar-refractivity contribution >= 4 is 11.9 Å². The number of benzene rings is 2. The second-order valence-electron chi connectivity index (χ2n) is 5.23. The molecule has 0 aliphatic heterocycles. The maximum absolute atomic E-state index is 13.6. The van der Waals surface area contributed by atoms with E-state index >= 15 is 0 Å². The third-order valence-electron chi connectivity index (χ3n) is 3.38. The summed E-state index contributed by atoms with van der Waals surface area (Å²) in [5.74, 6) is -2.62. The lowest BCUT2D eigenvalue weighted by Crippen LogP contribution is -2.54. The largest absolute Gasteiger partial charge is 0.480 e. The average Bonchev–Trinajstić information content (AvgIpc) is 2.48. The predicted molar refractivity (Wildman–Crippen MR) is 80.1 cm³/mol. The van der Waals surface area contributed by atoms with Crippen LogP contribution in [0.25, 0.3) is 0 Å². The highest BCUT2D eigenvalue weighted by molar-refractivity contribution is 5.98. The SMILES string of the molecule is C[C@@](Cc1ccccc1)(NC(=O)c1ccccc1F)C(=O)O. The Bertz CT molecular complexity index is 687. The lowest BCUT2D eigenvalue weighted by molar-refractivity contribution is -0.143. The fourth-order valence-electron chi connectivity index (χ4n) is 2.14. The van der Waals surface area contributed by atoms with Gasteiger partial charge in [-0.05, 0) is 24.6 Å². The zero-order chi connectivity index (χ0) is 16.2. The number of aliphatic carboxylic acids is 1. The Morgan fingerprint density at radius 3 is 2.27 bits per heavy atom. The van der Waals surface area contributed by atoms with E-state index in [0.29, 0.717) is 0 Å². The fourth-order valence-corrected chi connectivity index (χ4v) is 2.14. The average molecular weight is 301 g/mol. The first-order valence-electron chi connectivity index (χ1n) is 6.77. The number of nitrogens with one attached hydrogen (secondary N) is 1.